The standard InChI is InChI=1S/C21H19N5O2S/c1-4-18-19(25-21(29-18)16-9-12(2)28-26-16)14-5-7-15(8-6-14)20(27)24-17-10-22-11-23-13(17)3/h5-11H,4H2,1-3H3,(H,24,27). The van der Waals surface area contributed by atoms with Crippen molar-refractivity contribution >= 4 is 22.9 Å². The highest BCUT2D eigenvalue weighted by Crippen LogP contribution is 2.34. The molecule has 29 heavy (non-hydrogen) atoms. The average molecular weight is 405 g/mol. The number of rotatable bonds is 5. The van der Waals surface area contributed by atoms with Crippen LogP contribution in [0.2, 0.25) is 0 Å². The lowest BCUT2D eigenvalue weighted by Gasteiger charge is -2.07. The van der Waals surface area contributed by atoms with Crippen molar-refractivity contribution in [3.05, 3.63) is 64.8 Å². The molecule has 0 saturated heterocycles. The fourth-order valence-corrected chi connectivity index (χ4v) is 3.86. The number of anilines is 1. The first-order chi connectivity index (χ1) is 14.0. The molecule has 0 spiro atoms. The van der Waals surface area contributed by atoms with E-state index in [2.05, 4.69) is 27.4 Å². The van der Waals surface area contributed by atoms with Crippen LogP contribution in [0.3, 0.4) is 0 Å². The van der Waals surface area contributed by atoms with Crippen LogP contribution in [-0.4, -0.2) is 26.0 Å². The second kappa shape index (κ2) is 7.92. The van der Waals surface area contributed by atoms with E-state index in [0.29, 0.717) is 11.3 Å². The summed E-state index contributed by atoms with van der Waals surface area (Å²) in [5.74, 6) is 0.548. The fourth-order valence-electron chi connectivity index (χ4n) is 2.88. The van der Waals surface area contributed by atoms with Gasteiger partial charge in [-0.15, -0.1) is 11.3 Å². The molecule has 0 aliphatic rings. The van der Waals surface area contributed by atoms with Gasteiger partial charge in [0.05, 0.1) is 23.3 Å². The minimum absolute atomic E-state index is 0.206. The average Bonchev–Trinajstić information content (AvgIpc) is 3.36. The van der Waals surface area contributed by atoms with E-state index in [-0.39, 0.29) is 5.91 Å². The first kappa shape index (κ1) is 18.9. The fraction of sp³-hybridized carbons (Fsp3) is 0.190. The number of thiazole rings is 1. The maximum absolute atomic E-state index is 12.5. The normalized spacial score (nSPS) is 10.9. The molecule has 7 nitrogen and oxygen atoms in total. The van der Waals surface area contributed by atoms with Gasteiger partial charge in [-0.2, -0.15) is 0 Å². The molecule has 0 saturated carbocycles. The van der Waals surface area contributed by atoms with Crippen LogP contribution in [-0.2, 0) is 6.42 Å². The van der Waals surface area contributed by atoms with Gasteiger partial charge >= 0.3 is 0 Å². The molecule has 3 aromatic heterocycles. The van der Waals surface area contributed by atoms with Gasteiger partial charge in [0, 0.05) is 22.1 Å². The summed E-state index contributed by atoms with van der Waals surface area (Å²) < 4.78 is 5.17. The highest BCUT2D eigenvalue weighted by Gasteiger charge is 2.16. The quantitative estimate of drug-likeness (QED) is 0.518. The third kappa shape index (κ3) is 3.93. The summed E-state index contributed by atoms with van der Waals surface area (Å²) >= 11 is 1.61. The summed E-state index contributed by atoms with van der Waals surface area (Å²) in [6.07, 6.45) is 3.90. The Morgan fingerprint density at radius 3 is 2.66 bits per heavy atom. The second-order valence-corrected chi connectivity index (χ2v) is 7.60. The van der Waals surface area contributed by atoms with Gasteiger partial charge in [-0.25, -0.2) is 15.0 Å². The molecule has 1 N–H and O–H groups in total. The molecule has 0 unspecified atom stereocenters. The van der Waals surface area contributed by atoms with Crippen molar-refractivity contribution < 1.29 is 9.32 Å². The molecule has 3 heterocycles. The minimum Gasteiger partial charge on any atom is -0.361 e. The number of benzene rings is 1. The van der Waals surface area contributed by atoms with E-state index >= 15 is 0 Å². The summed E-state index contributed by atoms with van der Waals surface area (Å²) in [5, 5.41) is 7.73. The zero-order valence-corrected chi connectivity index (χ0v) is 17.1. The number of hydrogen-bond acceptors (Lipinski definition) is 7. The van der Waals surface area contributed by atoms with Crippen LogP contribution in [0.25, 0.3) is 22.0 Å². The van der Waals surface area contributed by atoms with Gasteiger partial charge in [0.25, 0.3) is 5.91 Å². The minimum atomic E-state index is -0.206. The lowest BCUT2D eigenvalue weighted by atomic mass is 10.1. The number of aryl methyl sites for hydroxylation is 3. The molecule has 1 amide bonds. The summed E-state index contributed by atoms with van der Waals surface area (Å²) in [4.78, 5) is 26.5. The molecule has 0 fully saturated rings. The zero-order chi connectivity index (χ0) is 20.4. The molecule has 4 rings (SSSR count). The van der Waals surface area contributed by atoms with Crippen LogP contribution in [0.5, 0.6) is 0 Å². The highest BCUT2D eigenvalue weighted by atomic mass is 32.1. The molecule has 1 aromatic carbocycles. The molecule has 0 bridgehead atoms. The summed E-state index contributed by atoms with van der Waals surface area (Å²) in [6.45, 7) is 5.78. The van der Waals surface area contributed by atoms with Gasteiger partial charge < -0.3 is 9.84 Å². The Labute approximate surface area is 171 Å². The smallest absolute Gasteiger partial charge is 0.255 e. The Morgan fingerprint density at radius 1 is 1.21 bits per heavy atom. The zero-order valence-electron chi connectivity index (χ0n) is 16.3. The van der Waals surface area contributed by atoms with Crippen molar-refractivity contribution in [1.29, 1.82) is 0 Å². The largest absolute Gasteiger partial charge is 0.361 e. The molecular formula is C21H19N5O2S. The molecule has 146 valence electrons. The van der Waals surface area contributed by atoms with E-state index in [1.807, 2.05) is 32.0 Å². The number of nitrogens with one attached hydrogen (secondary N) is 1. The first-order valence-corrected chi connectivity index (χ1v) is 9.98. The molecule has 4 aromatic rings. The van der Waals surface area contributed by atoms with Crippen molar-refractivity contribution in [2.75, 3.05) is 5.32 Å². The van der Waals surface area contributed by atoms with Gasteiger partial charge in [-0.3, -0.25) is 4.79 Å². The summed E-state index contributed by atoms with van der Waals surface area (Å²) in [5.41, 5.74) is 4.48. The third-order valence-electron chi connectivity index (χ3n) is 4.45. The predicted octanol–water partition coefficient (Wildman–Crippen LogP) is 4.69. The molecular weight excluding hydrogens is 386 g/mol. The topological polar surface area (TPSA) is 93.8 Å². The Hall–Kier alpha value is -3.39. The molecule has 0 atom stereocenters. The Balaban J connectivity index is 1.58. The molecule has 0 radical (unpaired) electrons. The van der Waals surface area contributed by atoms with Crippen molar-refractivity contribution in [1.82, 2.24) is 20.1 Å². The number of nitrogens with zero attached hydrogens (tertiary/aromatic N) is 4. The van der Waals surface area contributed by atoms with Crippen LogP contribution in [0.1, 0.15) is 33.6 Å². The summed E-state index contributed by atoms with van der Waals surface area (Å²) in [6, 6.07) is 9.29. The van der Waals surface area contributed by atoms with Gasteiger partial charge in [-0.1, -0.05) is 24.2 Å². The number of carbonyl (C=O) groups is 1. The highest BCUT2D eigenvalue weighted by molar-refractivity contribution is 7.15. The molecule has 0 aliphatic carbocycles. The van der Waals surface area contributed by atoms with Crippen LogP contribution in [0.15, 0.2) is 47.4 Å². The third-order valence-corrected chi connectivity index (χ3v) is 5.67. The Kier molecular flexibility index (Phi) is 5.18. The monoisotopic (exact) mass is 405 g/mol. The molecule has 8 heteroatoms. The second-order valence-electron chi connectivity index (χ2n) is 6.52. The van der Waals surface area contributed by atoms with Crippen LogP contribution in [0, 0.1) is 13.8 Å². The Bertz CT molecular complexity index is 1160. The maximum Gasteiger partial charge on any atom is 0.255 e. The number of hydrogen-bond donors (Lipinski definition) is 1. The van der Waals surface area contributed by atoms with E-state index in [1.165, 1.54) is 6.33 Å². The van der Waals surface area contributed by atoms with Crippen molar-refractivity contribution in [3.8, 4) is 22.0 Å². The van der Waals surface area contributed by atoms with Crippen LogP contribution < -0.4 is 5.32 Å². The van der Waals surface area contributed by atoms with Crippen molar-refractivity contribution in [2.24, 2.45) is 0 Å². The number of aromatic nitrogens is 4. The van der Waals surface area contributed by atoms with Crippen molar-refractivity contribution in [2.45, 2.75) is 27.2 Å². The lowest BCUT2D eigenvalue weighted by Crippen LogP contribution is -2.13. The predicted molar refractivity (Wildman–Crippen MR) is 112 cm³/mol. The first-order valence-electron chi connectivity index (χ1n) is 9.17. The van der Waals surface area contributed by atoms with E-state index in [4.69, 9.17) is 9.51 Å². The van der Waals surface area contributed by atoms with E-state index in [1.54, 1.807) is 29.7 Å². The van der Waals surface area contributed by atoms with Gasteiger partial charge in [0.1, 0.15) is 22.8 Å². The van der Waals surface area contributed by atoms with Crippen LogP contribution >= 0.6 is 11.3 Å². The maximum atomic E-state index is 12.5. The molecule has 0 aliphatic heterocycles. The van der Waals surface area contributed by atoms with E-state index in [9.17, 15) is 4.79 Å². The van der Waals surface area contributed by atoms with Gasteiger partial charge in [0.2, 0.25) is 0 Å². The van der Waals surface area contributed by atoms with E-state index in [0.717, 1.165) is 44.7 Å². The SMILES string of the molecule is CCc1sc(-c2cc(C)on2)nc1-c1ccc(C(=O)Nc2cncnc2C)cc1. The number of amides is 1. The number of carbonyl (C=O) groups excluding carboxylic acids is 1. The van der Waals surface area contributed by atoms with Crippen molar-refractivity contribution in [3.63, 3.8) is 0 Å². The lowest BCUT2D eigenvalue weighted by molar-refractivity contribution is 0.102. The van der Waals surface area contributed by atoms with Gasteiger partial charge in [-0.05, 0) is 32.4 Å². The summed E-state index contributed by atoms with van der Waals surface area (Å²) in [7, 11) is 0. The van der Waals surface area contributed by atoms with Gasteiger partial charge in [0.15, 0.2) is 0 Å². The van der Waals surface area contributed by atoms with E-state index < -0.39 is 0 Å². The Morgan fingerprint density at radius 2 is 2.00 bits per heavy atom. The van der Waals surface area contributed by atoms with Crippen LogP contribution in [0.4, 0.5) is 5.69 Å².